The largest absolute Gasteiger partial charge is 0.408 e. The van der Waals surface area contributed by atoms with Crippen molar-refractivity contribution in [3.8, 4) is 0 Å². The van der Waals surface area contributed by atoms with Gasteiger partial charge in [-0.1, -0.05) is 72.3 Å². The molecule has 2 aromatic rings. The first-order chi connectivity index (χ1) is 10.7. The van der Waals surface area contributed by atoms with Gasteiger partial charge < -0.3 is 4.43 Å². The second-order valence-corrected chi connectivity index (χ2v) is 8.37. The van der Waals surface area contributed by atoms with Gasteiger partial charge in [0.2, 0.25) is 9.04 Å². The SMILES string of the molecule is CC(C)=CCCC(C)O[SiH](c1ccccc1)c1ccccc1. The fraction of sp³-hybridized carbons (Fsp3) is 0.300. The molecule has 2 rings (SSSR count). The van der Waals surface area contributed by atoms with Crippen molar-refractivity contribution in [3.63, 3.8) is 0 Å². The van der Waals surface area contributed by atoms with Crippen molar-refractivity contribution < 1.29 is 4.43 Å². The topological polar surface area (TPSA) is 9.23 Å². The fourth-order valence-electron chi connectivity index (χ4n) is 2.51. The van der Waals surface area contributed by atoms with Crippen LogP contribution in [0.3, 0.4) is 0 Å². The number of hydrogen-bond donors (Lipinski definition) is 0. The van der Waals surface area contributed by atoms with Crippen LogP contribution in [0.15, 0.2) is 72.3 Å². The van der Waals surface area contributed by atoms with Crippen LogP contribution in [0.4, 0.5) is 0 Å². The Hall–Kier alpha value is -1.64. The lowest BCUT2D eigenvalue weighted by molar-refractivity contribution is 0.221. The average Bonchev–Trinajstić information content (AvgIpc) is 2.54. The number of hydrogen-bond acceptors (Lipinski definition) is 1. The Bertz CT molecular complexity index is 534. The Kier molecular flexibility index (Phi) is 6.62. The highest BCUT2D eigenvalue weighted by molar-refractivity contribution is 6.80. The van der Waals surface area contributed by atoms with Gasteiger partial charge in [-0.3, -0.25) is 0 Å². The fourth-order valence-corrected chi connectivity index (χ4v) is 4.96. The zero-order valence-electron chi connectivity index (χ0n) is 13.8. The summed E-state index contributed by atoms with van der Waals surface area (Å²) < 4.78 is 6.51. The van der Waals surface area contributed by atoms with E-state index in [9.17, 15) is 0 Å². The minimum Gasteiger partial charge on any atom is -0.408 e. The molecule has 0 amide bonds. The molecule has 1 nitrogen and oxygen atoms in total. The van der Waals surface area contributed by atoms with Crippen molar-refractivity contribution in [2.24, 2.45) is 0 Å². The van der Waals surface area contributed by atoms with Crippen molar-refractivity contribution in [3.05, 3.63) is 72.3 Å². The summed E-state index contributed by atoms with van der Waals surface area (Å²) in [4.78, 5) is 0. The van der Waals surface area contributed by atoms with Crippen LogP contribution in [0.25, 0.3) is 0 Å². The van der Waals surface area contributed by atoms with Crippen molar-refractivity contribution in [1.29, 1.82) is 0 Å². The van der Waals surface area contributed by atoms with Crippen LogP contribution < -0.4 is 10.4 Å². The van der Waals surface area contributed by atoms with Crippen LogP contribution >= 0.6 is 0 Å². The summed E-state index contributed by atoms with van der Waals surface area (Å²) in [7, 11) is -1.60. The average molecular weight is 311 g/mol. The van der Waals surface area contributed by atoms with Gasteiger partial charge in [0.15, 0.2) is 0 Å². The molecule has 116 valence electrons. The lowest BCUT2D eigenvalue weighted by atomic mass is 10.2. The van der Waals surface area contributed by atoms with Crippen LogP contribution in [0.5, 0.6) is 0 Å². The van der Waals surface area contributed by atoms with Crippen molar-refractivity contribution in [1.82, 2.24) is 0 Å². The molecule has 1 atom stereocenters. The third-order valence-corrected chi connectivity index (χ3v) is 6.42. The minimum absolute atomic E-state index is 0.285. The van der Waals surface area contributed by atoms with E-state index in [0.29, 0.717) is 0 Å². The summed E-state index contributed by atoms with van der Waals surface area (Å²) in [6.07, 6.45) is 4.75. The van der Waals surface area contributed by atoms with Crippen molar-refractivity contribution in [2.45, 2.75) is 39.7 Å². The molecule has 22 heavy (non-hydrogen) atoms. The van der Waals surface area contributed by atoms with Crippen molar-refractivity contribution >= 4 is 19.4 Å². The van der Waals surface area contributed by atoms with E-state index in [0.717, 1.165) is 12.8 Å². The first-order valence-electron chi connectivity index (χ1n) is 8.05. The zero-order chi connectivity index (χ0) is 15.8. The molecule has 0 aromatic heterocycles. The van der Waals surface area contributed by atoms with E-state index in [1.807, 2.05) is 0 Å². The molecule has 0 saturated heterocycles. The van der Waals surface area contributed by atoms with Gasteiger partial charge in [0, 0.05) is 6.10 Å². The number of allylic oxidation sites excluding steroid dienone is 2. The standard InChI is InChI=1S/C20H26OSi/c1-17(2)11-10-12-18(3)21-22(19-13-6-4-7-14-19)20-15-8-5-9-16-20/h4-9,11,13-16,18,22H,10,12H2,1-3H3. The Morgan fingerprint density at radius 1 is 0.955 bits per heavy atom. The van der Waals surface area contributed by atoms with E-state index in [1.54, 1.807) is 0 Å². The Labute approximate surface area is 136 Å². The van der Waals surface area contributed by atoms with E-state index >= 15 is 0 Å². The Morgan fingerprint density at radius 2 is 1.45 bits per heavy atom. The highest BCUT2D eigenvalue weighted by Crippen LogP contribution is 2.07. The van der Waals surface area contributed by atoms with E-state index in [-0.39, 0.29) is 6.10 Å². The summed E-state index contributed by atoms with van der Waals surface area (Å²) in [6.45, 7) is 6.50. The molecule has 0 aliphatic heterocycles. The maximum atomic E-state index is 6.51. The molecule has 0 aliphatic carbocycles. The molecule has 0 radical (unpaired) electrons. The Morgan fingerprint density at radius 3 is 1.91 bits per heavy atom. The van der Waals surface area contributed by atoms with Crippen LogP contribution in [-0.4, -0.2) is 15.1 Å². The molecule has 0 fully saturated rings. The molecular weight excluding hydrogens is 284 g/mol. The van der Waals surface area contributed by atoms with Gasteiger partial charge >= 0.3 is 0 Å². The molecule has 0 spiro atoms. The van der Waals surface area contributed by atoms with E-state index < -0.39 is 9.04 Å². The number of rotatable bonds is 7. The van der Waals surface area contributed by atoms with Gasteiger partial charge in [-0.25, -0.2) is 0 Å². The van der Waals surface area contributed by atoms with Crippen molar-refractivity contribution in [2.75, 3.05) is 0 Å². The van der Waals surface area contributed by atoms with Gasteiger partial charge in [0.1, 0.15) is 0 Å². The van der Waals surface area contributed by atoms with Crippen LogP contribution in [0.1, 0.15) is 33.6 Å². The summed E-state index contributed by atoms with van der Waals surface area (Å²) >= 11 is 0. The molecule has 0 N–H and O–H groups in total. The Balaban J connectivity index is 2.10. The molecule has 0 aliphatic rings. The summed E-state index contributed by atoms with van der Waals surface area (Å²) in [5.74, 6) is 0. The summed E-state index contributed by atoms with van der Waals surface area (Å²) in [5.41, 5.74) is 1.38. The van der Waals surface area contributed by atoms with Gasteiger partial charge in [0.05, 0.1) is 0 Å². The summed E-state index contributed by atoms with van der Waals surface area (Å²) in [5, 5.41) is 2.70. The van der Waals surface area contributed by atoms with Gasteiger partial charge in [-0.05, 0) is 44.0 Å². The quantitative estimate of drug-likeness (QED) is 0.560. The first-order valence-corrected chi connectivity index (χ1v) is 9.68. The lowest BCUT2D eigenvalue weighted by Gasteiger charge is -2.22. The second-order valence-electron chi connectivity index (χ2n) is 6.01. The third-order valence-electron chi connectivity index (χ3n) is 3.70. The predicted octanol–water partition coefficient (Wildman–Crippen LogP) is 3.68. The molecule has 1 unspecified atom stereocenters. The van der Waals surface area contributed by atoms with E-state index in [2.05, 4.69) is 87.5 Å². The van der Waals surface area contributed by atoms with E-state index in [4.69, 9.17) is 4.43 Å². The van der Waals surface area contributed by atoms with E-state index in [1.165, 1.54) is 15.9 Å². The normalized spacial score (nSPS) is 12.2. The van der Waals surface area contributed by atoms with Gasteiger partial charge in [0.25, 0.3) is 0 Å². The maximum absolute atomic E-state index is 6.51. The highest BCUT2D eigenvalue weighted by Gasteiger charge is 2.19. The maximum Gasteiger partial charge on any atom is 0.240 e. The smallest absolute Gasteiger partial charge is 0.240 e. The van der Waals surface area contributed by atoms with Gasteiger partial charge in [-0.2, -0.15) is 0 Å². The van der Waals surface area contributed by atoms with Gasteiger partial charge in [-0.15, -0.1) is 0 Å². The molecule has 0 saturated carbocycles. The second kappa shape index (κ2) is 8.72. The number of benzene rings is 2. The molecule has 0 heterocycles. The van der Waals surface area contributed by atoms with Crippen LogP contribution in [0.2, 0.25) is 0 Å². The monoisotopic (exact) mass is 310 g/mol. The third kappa shape index (κ3) is 5.28. The van der Waals surface area contributed by atoms with Crippen LogP contribution in [0, 0.1) is 0 Å². The molecule has 0 bridgehead atoms. The zero-order valence-corrected chi connectivity index (χ0v) is 15.0. The first kappa shape index (κ1) is 16.7. The van der Waals surface area contributed by atoms with Crippen LogP contribution in [-0.2, 0) is 4.43 Å². The molecular formula is C20H26OSi. The predicted molar refractivity (Wildman–Crippen MR) is 98.5 cm³/mol. The highest BCUT2D eigenvalue weighted by atomic mass is 28.3. The molecule has 2 heteroatoms. The minimum atomic E-state index is -1.60. The molecule has 2 aromatic carbocycles. The lowest BCUT2D eigenvalue weighted by Crippen LogP contribution is -2.46. The summed E-state index contributed by atoms with van der Waals surface area (Å²) in [6, 6.07) is 21.4.